The van der Waals surface area contributed by atoms with Gasteiger partial charge in [-0.1, -0.05) is 18.6 Å². The Kier molecular flexibility index (Phi) is 4.66. The summed E-state index contributed by atoms with van der Waals surface area (Å²) in [6.45, 7) is 2.70. The number of aromatic amines is 1. The molecule has 1 aliphatic rings. The van der Waals surface area contributed by atoms with E-state index >= 15 is 0 Å². The third kappa shape index (κ3) is 3.55. The normalized spacial score (nSPS) is 21.5. The molecule has 1 aliphatic carbocycles. The van der Waals surface area contributed by atoms with Gasteiger partial charge in [0.15, 0.2) is 0 Å². The molecule has 3 rings (SSSR count). The molecule has 0 radical (unpaired) electrons. The maximum atomic E-state index is 12.5. The topological polar surface area (TPSA) is 69.2 Å². The number of aryl methyl sites for hydroxylation is 1. The molecule has 2 atom stereocenters. The molecule has 2 N–H and O–H groups in total. The Balaban J connectivity index is 1.60. The van der Waals surface area contributed by atoms with Gasteiger partial charge < -0.3 is 15.0 Å². The molecule has 1 heterocycles. The molecule has 0 unspecified atom stereocenters. The number of nitrogens with one attached hydrogen (secondary N) is 1. The number of carbonyl (C=O) groups excluding carboxylic acids is 1. The van der Waals surface area contributed by atoms with Crippen LogP contribution in [-0.4, -0.2) is 45.6 Å². The molecule has 0 bridgehead atoms. The largest absolute Gasteiger partial charge is 0.393 e. The van der Waals surface area contributed by atoms with Crippen LogP contribution in [0.1, 0.15) is 37.1 Å². The van der Waals surface area contributed by atoms with Crippen LogP contribution >= 0.6 is 0 Å². The van der Waals surface area contributed by atoms with Crippen LogP contribution in [-0.2, 0) is 11.2 Å². The summed E-state index contributed by atoms with van der Waals surface area (Å²) in [6, 6.07) is 6.10. The number of aliphatic hydroxyl groups excluding tert-OH is 1. The van der Waals surface area contributed by atoms with E-state index in [2.05, 4.69) is 23.0 Å². The highest BCUT2D eigenvalue weighted by atomic mass is 16.3. The zero-order valence-corrected chi connectivity index (χ0v) is 13.9. The van der Waals surface area contributed by atoms with Gasteiger partial charge in [0.2, 0.25) is 5.91 Å². The number of hydrogen-bond acceptors (Lipinski definition) is 3. The van der Waals surface area contributed by atoms with Crippen molar-refractivity contribution in [1.29, 1.82) is 0 Å². The van der Waals surface area contributed by atoms with Crippen LogP contribution in [0.3, 0.4) is 0 Å². The molecule has 23 heavy (non-hydrogen) atoms. The number of H-pyrrole nitrogens is 1. The second-order valence-corrected chi connectivity index (χ2v) is 6.68. The maximum Gasteiger partial charge on any atom is 0.225 e. The van der Waals surface area contributed by atoms with Crippen LogP contribution in [0.5, 0.6) is 0 Å². The lowest BCUT2D eigenvalue weighted by atomic mass is 9.86. The van der Waals surface area contributed by atoms with Crippen LogP contribution in [0.25, 0.3) is 11.0 Å². The Morgan fingerprint density at radius 2 is 2.26 bits per heavy atom. The van der Waals surface area contributed by atoms with Gasteiger partial charge in [-0.3, -0.25) is 4.79 Å². The molecule has 0 spiro atoms. The lowest BCUT2D eigenvalue weighted by Crippen LogP contribution is -2.37. The monoisotopic (exact) mass is 315 g/mol. The number of aliphatic hydroxyl groups is 1. The van der Waals surface area contributed by atoms with Crippen LogP contribution in [0.15, 0.2) is 18.2 Å². The minimum atomic E-state index is -0.315. The third-order valence-electron chi connectivity index (χ3n) is 4.82. The molecule has 124 valence electrons. The predicted molar refractivity (Wildman–Crippen MR) is 90.1 cm³/mol. The number of carbonyl (C=O) groups is 1. The van der Waals surface area contributed by atoms with Crippen molar-refractivity contribution in [3.63, 3.8) is 0 Å². The average molecular weight is 315 g/mol. The number of para-hydroxylation sites is 1. The fraction of sp³-hybridized carbons (Fsp3) is 0.556. The molecule has 0 saturated heterocycles. The van der Waals surface area contributed by atoms with E-state index in [1.807, 2.05) is 19.2 Å². The Bertz CT molecular complexity index is 695. The SMILES string of the molecule is Cc1cccc2[nH]c(CCN(C)C(=O)[C@@H]3CCC[C@@H](O)C3)nc12. The first-order chi connectivity index (χ1) is 11.0. The van der Waals surface area contributed by atoms with Crippen molar-refractivity contribution in [2.24, 2.45) is 5.92 Å². The predicted octanol–water partition coefficient (Wildman–Crippen LogP) is 2.42. The van der Waals surface area contributed by atoms with Crippen molar-refractivity contribution in [2.45, 2.75) is 45.1 Å². The van der Waals surface area contributed by atoms with Crippen LogP contribution < -0.4 is 0 Å². The van der Waals surface area contributed by atoms with Crippen LogP contribution in [0.2, 0.25) is 0 Å². The van der Waals surface area contributed by atoms with Crippen LogP contribution in [0.4, 0.5) is 0 Å². The Morgan fingerprint density at radius 1 is 1.43 bits per heavy atom. The highest BCUT2D eigenvalue weighted by Gasteiger charge is 2.28. The highest BCUT2D eigenvalue weighted by molar-refractivity contribution is 5.79. The summed E-state index contributed by atoms with van der Waals surface area (Å²) in [5.41, 5.74) is 3.21. The van der Waals surface area contributed by atoms with E-state index < -0.39 is 0 Å². The van der Waals surface area contributed by atoms with Crippen molar-refractivity contribution in [3.8, 4) is 0 Å². The molecule has 1 aromatic carbocycles. The van der Waals surface area contributed by atoms with Crippen LogP contribution in [0, 0.1) is 12.8 Å². The minimum absolute atomic E-state index is 0.0262. The number of rotatable bonds is 4. The van der Waals surface area contributed by atoms with E-state index in [0.717, 1.165) is 41.7 Å². The smallest absolute Gasteiger partial charge is 0.225 e. The first-order valence-corrected chi connectivity index (χ1v) is 8.42. The fourth-order valence-corrected chi connectivity index (χ4v) is 3.43. The summed E-state index contributed by atoms with van der Waals surface area (Å²) in [7, 11) is 1.84. The van der Waals surface area contributed by atoms with Gasteiger partial charge in [-0.15, -0.1) is 0 Å². The summed E-state index contributed by atoms with van der Waals surface area (Å²) in [6.07, 6.45) is 3.66. The van der Waals surface area contributed by atoms with Crippen molar-refractivity contribution in [1.82, 2.24) is 14.9 Å². The average Bonchev–Trinajstić information content (AvgIpc) is 2.96. The molecule has 5 nitrogen and oxygen atoms in total. The molecule has 1 fully saturated rings. The Morgan fingerprint density at radius 3 is 3.00 bits per heavy atom. The lowest BCUT2D eigenvalue weighted by Gasteiger charge is -2.28. The zero-order chi connectivity index (χ0) is 16.4. The number of aromatic nitrogens is 2. The lowest BCUT2D eigenvalue weighted by molar-refractivity contribution is -0.136. The number of likely N-dealkylation sites (N-methyl/N-ethyl adjacent to an activating group) is 1. The number of imidazole rings is 1. The van der Waals surface area contributed by atoms with E-state index in [4.69, 9.17) is 0 Å². The van der Waals surface area contributed by atoms with Gasteiger partial charge in [0.05, 0.1) is 17.1 Å². The van der Waals surface area contributed by atoms with Gasteiger partial charge in [0.25, 0.3) is 0 Å². The minimum Gasteiger partial charge on any atom is -0.393 e. The second kappa shape index (κ2) is 6.71. The summed E-state index contributed by atoms with van der Waals surface area (Å²) < 4.78 is 0. The van der Waals surface area contributed by atoms with Crippen molar-refractivity contribution >= 4 is 16.9 Å². The van der Waals surface area contributed by atoms with E-state index in [0.29, 0.717) is 19.4 Å². The molecule has 1 amide bonds. The van der Waals surface area contributed by atoms with E-state index in [9.17, 15) is 9.90 Å². The van der Waals surface area contributed by atoms with Gasteiger partial charge in [-0.2, -0.15) is 0 Å². The van der Waals surface area contributed by atoms with Gasteiger partial charge >= 0.3 is 0 Å². The van der Waals surface area contributed by atoms with E-state index in [1.165, 1.54) is 0 Å². The van der Waals surface area contributed by atoms with Gasteiger partial charge in [-0.25, -0.2) is 4.98 Å². The number of nitrogens with zero attached hydrogens (tertiary/aromatic N) is 2. The van der Waals surface area contributed by atoms with Crippen molar-refractivity contribution in [3.05, 3.63) is 29.6 Å². The fourth-order valence-electron chi connectivity index (χ4n) is 3.43. The van der Waals surface area contributed by atoms with Gasteiger partial charge in [0, 0.05) is 25.9 Å². The highest BCUT2D eigenvalue weighted by Crippen LogP contribution is 2.25. The molecule has 1 saturated carbocycles. The number of benzene rings is 1. The Labute approximate surface area is 136 Å². The Hall–Kier alpha value is -1.88. The summed E-state index contributed by atoms with van der Waals surface area (Å²) in [5, 5.41) is 9.74. The summed E-state index contributed by atoms with van der Waals surface area (Å²) >= 11 is 0. The second-order valence-electron chi connectivity index (χ2n) is 6.68. The summed E-state index contributed by atoms with van der Waals surface area (Å²) in [4.78, 5) is 22.2. The zero-order valence-electron chi connectivity index (χ0n) is 13.9. The summed E-state index contributed by atoms with van der Waals surface area (Å²) in [5.74, 6) is 1.04. The quantitative estimate of drug-likeness (QED) is 0.910. The number of amides is 1. The first kappa shape index (κ1) is 16.0. The van der Waals surface area contributed by atoms with E-state index in [-0.39, 0.29) is 17.9 Å². The van der Waals surface area contributed by atoms with Gasteiger partial charge in [-0.05, 0) is 37.8 Å². The molecular formula is C18H25N3O2. The number of hydrogen-bond donors (Lipinski definition) is 2. The molecule has 0 aliphatic heterocycles. The molecule has 1 aromatic heterocycles. The standard InChI is InChI=1S/C18H25N3O2/c1-12-5-3-8-15-17(12)20-16(19-15)9-10-21(2)18(23)13-6-4-7-14(22)11-13/h3,5,8,13-14,22H,4,6-7,9-11H2,1-2H3,(H,19,20)/t13-,14-/m1/s1. The van der Waals surface area contributed by atoms with Crippen molar-refractivity contribution in [2.75, 3.05) is 13.6 Å². The van der Waals surface area contributed by atoms with Gasteiger partial charge in [0.1, 0.15) is 5.82 Å². The molecule has 5 heteroatoms. The first-order valence-electron chi connectivity index (χ1n) is 8.42. The van der Waals surface area contributed by atoms with Crippen molar-refractivity contribution < 1.29 is 9.90 Å². The maximum absolute atomic E-state index is 12.5. The molecular weight excluding hydrogens is 290 g/mol. The third-order valence-corrected chi connectivity index (χ3v) is 4.82. The molecule has 2 aromatic rings. The number of fused-ring (bicyclic) bond motifs is 1. The van der Waals surface area contributed by atoms with E-state index in [1.54, 1.807) is 4.90 Å².